The maximum Gasteiger partial charge on any atom is 0.407 e. The fraction of sp³-hybridized carbons (Fsp3) is 0.882. The van der Waals surface area contributed by atoms with Crippen molar-refractivity contribution in [1.29, 1.82) is 0 Å². The fourth-order valence-corrected chi connectivity index (χ4v) is 2.60. The van der Waals surface area contributed by atoms with Crippen molar-refractivity contribution < 1.29 is 14.6 Å². The van der Waals surface area contributed by atoms with Gasteiger partial charge in [0.15, 0.2) is 5.96 Å². The van der Waals surface area contributed by atoms with E-state index in [0.717, 1.165) is 32.2 Å². The summed E-state index contributed by atoms with van der Waals surface area (Å²) in [6.45, 7) is 9.59. The molecule has 7 nitrogen and oxygen atoms in total. The molecule has 0 heterocycles. The van der Waals surface area contributed by atoms with Gasteiger partial charge in [0.1, 0.15) is 5.60 Å². The predicted molar refractivity (Wildman–Crippen MR) is 96.3 cm³/mol. The Morgan fingerprint density at radius 2 is 1.75 bits per heavy atom. The Kier molecular flexibility index (Phi) is 8.31. The number of aliphatic imine (C=N–C) groups is 1. The lowest BCUT2D eigenvalue weighted by Crippen LogP contribution is -2.44. The first-order chi connectivity index (χ1) is 11.2. The first-order valence-corrected chi connectivity index (χ1v) is 8.95. The van der Waals surface area contributed by atoms with E-state index in [1.54, 1.807) is 0 Å². The highest BCUT2D eigenvalue weighted by Crippen LogP contribution is 2.28. The first-order valence-electron chi connectivity index (χ1n) is 8.95. The third-order valence-electron chi connectivity index (χ3n) is 3.75. The van der Waals surface area contributed by atoms with Gasteiger partial charge in [-0.3, -0.25) is 4.99 Å². The van der Waals surface area contributed by atoms with Gasteiger partial charge in [0, 0.05) is 19.6 Å². The zero-order chi connectivity index (χ0) is 18.1. The molecule has 140 valence electrons. The molecule has 24 heavy (non-hydrogen) atoms. The van der Waals surface area contributed by atoms with Crippen LogP contribution in [0.2, 0.25) is 0 Å². The van der Waals surface area contributed by atoms with Crippen LogP contribution >= 0.6 is 0 Å². The van der Waals surface area contributed by atoms with Crippen LogP contribution in [-0.4, -0.2) is 54.5 Å². The summed E-state index contributed by atoms with van der Waals surface area (Å²) in [6, 6.07) is 0. The molecule has 0 radical (unpaired) electrons. The van der Waals surface area contributed by atoms with Gasteiger partial charge in [-0.25, -0.2) is 4.79 Å². The van der Waals surface area contributed by atoms with Gasteiger partial charge in [-0.15, -0.1) is 0 Å². The van der Waals surface area contributed by atoms with E-state index < -0.39 is 17.3 Å². The summed E-state index contributed by atoms with van der Waals surface area (Å²) in [5.41, 5.74) is -1.17. The zero-order valence-electron chi connectivity index (χ0n) is 15.6. The molecule has 1 aliphatic rings. The Morgan fingerprint density at radius 1 is 1.12 bits per heavy atom. The smallest absolute Gasteiger partial charge is 0.407 e. The van der Waals surface area contributed by atoms with Crippen molar-refractivity contribution in [2.45, 2.75) is 71.0 Å². The van der Waals surface area contributed by atoms with Crippen LogP contribution in [0, 0.1) is 0 Å². The highest BCUT2D eigenvalue weighted by molar-refractivity contribution is 5.79. The van der Waals surface area contributed by atoms with Crippen LogP contribution in [0.5, 0.6) is 0 Å². The maximum atomic E-state index is 11.6. The van der Waals surface area contributed by atoms with E-state index in [9.17, 15) is 9.90 Å². The number of aliphatic hydroxyl groups is 1. The van der Waals surface area contributed by atoms with Crippen LogP contribution in [-0.2, 0) is 4.74 Å². The molecule has 0 aromatic carbocycles. The van der Waals surface area contributed by atoms with Gasteiger partial charge in [-0.05, 0) is 40.5 Å². The molecule has 0 bridgehead atoms. The van der Waals surface area contributed by atoms with Gasteiger partial charge in [-0.1, -0.05) is 19.3 Å². The maximum absolute atomic E-state index is 11.6. The number of alkyl carbamates (subject to hydrolysis) is 1. The normalized spacial score (nSPS) is 18.0. The van der Waals surface area contributed by atoms with Gasteiger partial charge in [0.25, 0.3) is 0 Å². The van der Waals surface area contributed by atoms with Crippen LogP contribution in [0.1, 0.15) is 59.8 Å². The summed E-state index contributed by atoms with van der Waals surface area (Å²) in [4.78, 5) is 16.0. The number of rotatable bonds is 6. The summed E-state index contributed by atoms with van der Waals surface area (Å²) in [5, 5.41) is 19.5. The summed E-state index contributed by atoms with van der Waals surface area (Å²) in [6.07, 6.45) is 4.53. The minimum Gasteiger partial charge on any atom is -0.444 e. The van der Waals surface area contributed by atoms with E-state index in [1.807, 2.05) is 27.7 Å². The molecular weight excluding hydrogens is 308 g/mol. The number of carbonyl (C=O) groups is 1. The lowest BCUT2D eigenvalue weighted by molar-refractivity contribution is 0.0131. The van der Waals surface area contributed by atoms with E-state index in [2.05, 4.69) is 20.9 Å². The summed E-state index contributed by atoms with van der Waals surface area (Å²) >= 11 is 0. The molecule has 1 aliphatic carbocycles. The molecule has 0 aliphatic heterocycles. The number of hydrogen-bond donors (Lipinski definition) is 4. The largest absolute Gasteiger partial charge is 0.444 e. The Morgan fingerprint density at radius 3 is 2.33 bits per heavy atom. The van der Waals surface area contributed by atoms with Crippen molar-refractivity contribution in [2.24, 2.45) is 4.99 Å². The first kappa shape index (κ1) is 20.5. The van der Waals surface area contributed by atoms with Gasteiger partial charge < -0.3 is 25.8 Å². The molecule has 0 aromatic rings. The monoisotopic (exact) mass is 342 g/mol. The number of nitrogens with zero attached hydrogens (tertiary/aromatic N) is 1. The number of guanidine groups is 1. The van der Waals surface area contributed by atoms with Gasteiger partial charge >= 0.3 is 6.09 Å². The van der Waals surface area contributed by atoms with Gasteiger partial charge in [0.05, 0.1) is 12.1 Å². The number of nitrogens with one attached hydrogen (secondary N) is 3. The molecule has 7 heteroatoms. The molecule has 1 fully saturated rings. The second-order valence-electron chi connectivity index (χ2n) is 7.34. The SMILES string of the molecule is CCNC(=NCC1(O)CCCCC1)NCCNC(=O)OC(C)(C)C. The zero-order valence-corrected chi connectivity index (χ0v) is 15.6. The number of hydrogen-bond acceptors (Lipinski definition) is 4. The fourth-order valence-electron chi connectivity index (χ4n) is 2.60. The van der Waals surface area contributed by atoms with Crippen molar-refractivity contribution in [1.82, 2.24) is 16.0 Å². The highest BCUT2D eigenvalue weighted by Gasteiger charge is 2.28. The Labute approximate surface area is 145 Å². The summed E-state index contributed by atoms with van der Waals surface area (Å²) < 4.78 is 5.18. The van der Waals surface area contributed by atoms with Crippen LogP contribution in [0.25, 0.3) is 0 Å². The average molecular weight is 342 g/mol. The summed E-state index contributed by atoms with van der Waals surface area (Å²) in [5.74, 6) is 0.655. The van der Waals surface area contributed by atoms with Crippen LogP contribution in [0.3, 0.4) is 0 Å². The van der Waals surface area contributed by atoms with Gasteiger partial charge in [-0.2, -0.15) is 0 Å². The van der Waals surface area contributed by atoms with E-state index in [0.29, 0.717) is 25.6 Å². The van der Waals surface area contributed by atoms with Crippen molar-refractivity contribution in [2.75, 3.05) is 26.2 Å². The molecular formula is C17H34N4O3. The number of ether oxygens (including phenoxy) is 1. The second kappa shape index (κ2) is 9.71. The van der Waals surface area contributed by atoms with Crippen molar-refractivity contribution in [3.05, 3.63) is 0 Å². The van der Waals surface area contributed by atoms with E-state index in [4.69, 9.17) is 4.74 Å². The predicted octanol–water partition coefficient (Wildman–Crippen LogP) is 1.76. The standard InChI is InChI=1S/C17H34N4O3/c1-5-18-14(21-13-17(23)9-7-6-8-10-17)19-11-12-20-15(22)24-16(2,3)4/h23H,5-13H2,1-4H3,(H,20,22)(H2,18,19,21). The van der Waals surface area contributed by atoms with Crippen LogP contribution < -0.4 is 16.0 Å². The average Bonchev–Trinajstić information content (AvgIpc) is 2.48. The minimum absolute atomic E-state index is 0.405. The van der Waals surface area contributed by atoms with Crippen LogP contribution in [0.15, 0.2) is 4.99 Å². The van der Waals surface area contributed by atoms with Crippen molar-refractivity contribution in [3.63, 3.8) is 0 Å². The van der Waals surface area contributed by atoms with E-state index in [-0.39, 0.29) is 0 Å². The number of carbonyl (C=O) groups excluding carboxylic acids is 1. The molecule has 0 saturated heterocycles. The molecule has 1 rings (SSSR count). The van der Waals surface area contributed by atoms with Gasteiger partial charge in [0.2, 0.25) is 0 Å². The van der Waals surface area contributed by atoms with Crippen molar-refractivity contribution in [3.8, 4) is 0 Å². The second-order valence-corrected chi connectivity index (χ2v) is 7.34. The Balaban J connectivity index is 2.34. The quantitative estimate of drug-likeness (QED) is 0.335. The molecule has 0 spiro atoms. The molecule has 4 N–H and O–H groups in total. The number of amides is 1. The van der Waals surface area contributed by atoms with E-state index in [1.165, 1.54) is 6.42 Å². The third-order valence-corrected chi connectivity index (χ3v) is 3.75. The Bertz CT molecular complexity index is 413. The van der Waals surface area contributed by atoms with Crippen LogP contribution in [0.4, 0.5) is 4.79 Å². The lowest BCUT2D eigenvalue weighted by Gasteiger charge is -2.30. The third kappa shape index (κ3) is 8.96. The Hall–Kier alpha value is -1.50. The summed E-state index contributed by atoms with van der Waals surface area (Å²) in [7, 11) is 0. The highest BCUT2D eigenvalue weighted by atomic mass is 16.6. The minimum atomic E-state index is -0.671. The topological polar surface area (TPSA) is 95.0 Å². The lowest BCUT2D eigenvalue weighted by atomic mass is 9.85. The van der Waals surface area contributed by atoms with Crippen molar-refractivity contribution >= 4 is 12.1 Å². The van der Waals surface area contributed by atoms with E-state index >= 15 is 0 Å². The molecule has 1 saturated carbocycles. The molecule has 0 aromatic heterocycles. The molecule has 0 unspecified atom stereocenters. The molecule has 0 atom stereocenters. The molecule has 1 amide bonds.